The number of urea groups is 1. The maximum absolute atomic E-state index is 12.0. The van der Waals surface area contributed by atoms with Gasteiger partial charge in [0, 0.05) is 19.6 Å². The van der Waals surface area contributed by atoms with E-state index in [0.29, 0.717) is 19.6 Å². The quantitative estimate of drug-likeness (QED) is 0.702. The minimum atomic E-state index is -0.195. The van der Waals surface area contributed by atoms with Gasteiger partial charge >= 0.3 is 6.03 Å². The van der Waals surface area contributed by atoms with E-state index in [1.807, 2.05) is 34.9 Å². The van der Waals surface area contributed by atoms with Crippen molar-refractivity contribution in [3.63, 3.8) is 0 Å². The lowest BCUT2D eigenvalue weighted by molar-refractivity contribution is -0.129. The van der Waals surface area contributed by atoms with Crippen LogP contribution >= 0.6 is 0 Å². The average Bonchev–Trinajstić information content (AvgIpc) is 2.19. The summed E-state index contributed by atoms with van der Waals surface area (Å²) in [7, 11) is 3.63. The molecule has 0 N–H and O–H groups in total. The Morgan fingerprint density at radius 1 is 0.938 bits per heavy atom. The fraction of sp³-hybridized carbons (Fsp3) is 0.818. The fourth-order valence-electron chi connectivity index (χ4n) is 1.44. The first-order valence-electron chi connectivity index (χ1n) is 5.71. The van der Waals surface area contributed by atoms with Gasteiger partial charge in [-0.05, 0) is 34.9 Å². The van der Waals surface area contributed by atoms with Crippen LogP contribution < -0.4 is 0 Å². The molecular weight excluding hydrogens is 206 g/mol. The van der Waals surface area contributed by atoms with E-state index in [4.69, 9.17) is 0 Å². The zero-order valence-electron chi connectivity index (χ0n) is 11.0. The van der Waals surface area contributed by atoms with E-state index in [2.05, 4.69) is 0 Å². The number of imide groups is 1. The highest BCUT2D eigenvalue weighted by molar-refractivity contribution is 5.95. The van der Waals surface area contributed by atoms with Gasteiger partial charge < -0.3 is 9.80 Å². The van der Waals surface area contributed by atoms with Crippen LogP contribution in [0.15, 0.2) is 0 Å². The smallest absolute Gasteiger partial charge is 0.325 e. The normalized spacial score (nSPS) is 10.4. The van der Waals surface area contributed by atoms with Crippen molar-refractivity contribution < 1.29 is 9.59 Å². The zero-order chi connectivity index (χ0) is 12.7. The number of hydrogen-bond donors (Lipinski definition) is 0. The van der Waals surface area contributed by atoms with Gasteiger partial charge in [-0.15, -0.1) is 0 Å². The Labute approximate surface area is 98.0 Å². The van der Waals surface area contributed by atoms with E-state index in [1.165, 1.54) is 4.90 Å². The topological polar surface area (TPSA) is 43.9 Å². The number of carbonyl (C=O) groups excluding carboxylic acids is 2. The Bertz CT molecular complexity index is 237. The molecule has 0 spiro atoms. The lowest BCUT2D eigenvalue weighted by Crippen LogP contribution is -2.48. The van der Waals surface area contributed by atoms with Crippen molar-refractivity contribution in [1.29, 1.82) is 0 Å². The summed E-state index contributed by atoms with van der Waals surface area (Å²) >= 11 is 0. The summed E-state index contributed by atoms with van der Waals surface area (Å²) in [6, 6.07) is -0.195. The average molecular weight is 229 g/mol. The van der Waals surface area contributed by atoms with E-state index in [0.717, 1.165) is 0 Å². The number of rotatable bonds is 5. The van der Waals surface area contributed by atoms with Crippen LogP contribution in [0.4, 0.5) is 4.79 Å². The van der Waals surface area contributed by atoms with Crippen LogP contribution in [-0.4, -0.2) is 66.9 Å². The molecule has 0 fully saturated rings. The van der Waals surface area contributed by atoms with Crippen LogP contribution in [0, 0.1) is 0 Å². The van der Waals surface area contributed by atoms with Crippen LogP contribution in [0.2, 0.25) is 0 Å². The number of hydrogen-bond acceptors (Lipinski definition) is 3. The third kappa shape index (κ3) is 4.18. The molecule has 0 saturated heterocycles. The molecule has 0 aliphatic carbocycles. The second kappa shape index (κ2) is 7.22. The summed E-state index contributed by atoms with van der Waals surface area (Å²) in [4.78, 5) is 28.5. The standard InChI is InChI=1S/C11H23N3O2/c1-6-13(7-2)11(16)14(8-3)10(15)9-12(4)5/h6-9H2,1-5H3. The summed E-state index contributed by atoms with van der Waals surface area (Å²) in [5, 5.41) is 0. The molecule has 0 bridgehead atoms. The van der Waals surface area contributed by atoms with Crippen LogP contribution in [0.3, 0.4) is 0 Å². The Hall–Kier alpha value is -1.10. The maximum atomic E-state index is 12.0. The summed E-state index contributed by atoms with van der Waals surface area (Å²) in [5.41, 5.74) is 0. The van der Waals surface area contributed by atoms with Gasteiger partial charge in [-0.3, -0.25) is 9.69 Å². The van der Waals surface area contributed by atoms with Crippen LogP contribution in [0.5, 0.6) is 0 Å². The maximum Gasteiger partial charge on any atom is 0.326 e. The van der Waals surface area contributed by atoms with E-state index in [1.54, 1.807) is 9.80 Å². The molecule has 0 atom stereocenters. The summed E-state index contributed by atoms with van der Waals surface area (Å²) in [6.07, 6.45) is 0. The molecular formula is C11H23N3O2. The van der Waals surface area contributed by atoms with Crippen molar-refractivity contribution in [3.8, 4) is 0 Å². The molecule has 5 nitrogen and oxygen atoms in total. The minimum Gasteiger partial charge on any atom is -0.325 e. The van der Waals surface area contributed by atoms with Gasteiger partial charge in [0.05, 0.1) is 6.54 Å². The molecule has 0 radical (unpaired) electrons. The van der Waals surface area contributed by atoms with E-state index < -0.39 is 0 Å². The molecule has 0 saturated carbocycles. The molecule has 0 rings (SSSR count). The first-order valence-corrected chi connectivity index (χ1v) is 5.71. The molecule has 5 heteroatoms. The van der Waals surface area contributed by atoms with Gasteiger partial charge in [0.1, 0.15) is 0 Å². The van der Waals surface area contributed by atoms with E-state index in [9.17, 15) is 9.59 Å². The van der Waals surface area contributed by atoms with Gasteiger partial charge in [0.2, 0.25) is 5.91 Å². The van der Waals surface area contributed by atoms with Gasteiger partial charge in [0.15, 0.2) is 0 Å². The molecule has 0 unspecified atom stereocenters. The van der Waals surface area contributed by atoms with Crippen molar-refractivity contribution in [2.24, 2.45) is 0 Å². The predicted molar refractivity (Wildman–Crippen MR) is 64.3 cm³/mol. The number of nitrogens with zero attached hydrogens (tertiary/aromatic N) is 3. The summed E-state index contributed by atoms with van der Waals surface area (Å²) < 4.78 is 0. The second-order valence-corrected chi connectivity index (χ2v) is 3.83. The van der Waals surface area contributed by atoms with Crippen LogP contribution in [0.25, 0.3) is 0 Å². The Kier molecular flexibility index (Phi) is 6.72. The van der Waals surface area contributed by atoms with Crippen molar-refractivity contribution in [2.45, 2.75) is 20.8 Å². The highest BCUT2D eigenvalue weighted by atomic mass is 16.2. The minimum absolute atomic E-state index is 0.149. The first-order chi connectivity index (χ1) is 7.47. The van der Waals surface area contributed by atoms with Crippen molar-refractivity contribution >= 4 is 11.9 Å². The fourth-order valence-corrected chi connectivity index (χ4v) is 1.44. The van der Waals surface area contributed by atoms with Gasteiger partial charge in [-0.2, -0.15) is 0 Å². The lowest BCUT2D eigenvalue weighted by atomic mass is 10.4. The third-order valence-electron chi connectivity index (χ3n) is 2.33. The Balaban J connectivity index is 4.59. The highest BCUT2D eigenvalue weighted by Crippen LogP contribution is 2.00. The largest absolute Gasteiger partial charge is 0.326 e. The van der Waals surface area contributed by atoms with Crippen LogP contribution in [-0.2, 0) is 4.79 Å². The SMILES string of the molecule is CCN(CC)C(=O)N(CC)C(=O)CN(C)C. The van der Waals surface area contributed by atoms with Gasteiger partial charge in [-0.25, -0.2) is 4.79 Å². The predicted octanol–water partition coefficient (Wildman–Crippen LogP) is 0.858. The van der Waals surface area contributed by atoms with Crippen molar-refractivity contribution in [3.05, 3.63) is 0 Å². The second-order valence-electron chi connectivity index (χ2n) is 3.83. The van der Waals surface area contributed by atoms with E-state index >= 15 is 0 Å². The molecule has 0 aliphatic rings. The molecule has 0 aliphatic heterocycles. The molecule has 0 aromatic rings. The molecule has 0 aromatic heterocycles. The summed E-state index contributed by atoms with van der Waals surface area (Å²) in [6.45, 7) is 7.57. The zero-order valence-corrected chi connectivity index (χ0v) is 11.0. The highest BCUT2D eigenvalue weighted by Gasteiger charge is 2.23. The summed E-state index contributed by atoms with van der Waals surface area (Å²) in [5.74, 6) is -0.149. The van der Waals surface area contributed by atoms with Crippen molar-refractivity contribution in [1.82, 2.24) is 14.7 Å². The Morgan fingerprint density at radius 2 is 1.44 bits per heavy atom. The van der Waals surface area contributed by atoms with E-state index in [-0.39, 0.29) is 18.5 Å². The molecule has 0 heterocycles. The molecule has 94 valence electrons. The monoisotopic (exact) mass is 229 g/mol. The van der Waals surface area contributed by atoms with Crippen molar-refractivity contribution in [2.75, 3.05) is 40.3 Å². The van der Waals surface area contributed by atoms with Gasteiger partial charge in [-0.1, -0.05) is 0 Å². The number of carbonyl (C=O) groups is 2. The first kappa shape index (κ1) is 14.9. The number of amides is 3. The van der Waals surface area contributed by atoms with Gasteiger partial charge in [0.25, 0.3) is 0 Å². The number of likely N-dealkylation sites (N-methyl/N-ethyl adjacent to an activating group) is 2. The molecule has 16 heavy (non-hydrogen) atoms. The molecule has 3 amide bonds. The Morgan fingerprint density at radius 3 is 1.75 bits per heavy atom. The molecule has 0 aromatic carbocycles. The third-order valence-corrected chi connectivity index (χ3v) is 2.33. The lowest BCUT2D eigenvalue weighted by Gasteiger charge is -2.27. The van der Waals surface area contributed by atoms with Crippen LogP contribution in [0.1, 0.15) is 20.8 Å².